The lowest BCUT2D eigenvalue weighted by Gasteiger charge is -2.12. The summed E-state index contributed by atoms with van der Waals surface area (Å²) in [6.07, 6.45) is 7.88. The van der Waals surface area contributed by atoms with Crippen LogP contribution >= 0.6 is 0 Å². The van der Waals surface area contributed by atoms with Gasteiger partial charge in [-0.3, -0.25) is 4.79 Å². The molecule has 0 aliphatic carbocycles. The molecular formula is C19H19N7O. The average Bonchev–Trinajstić information content (AvgIpc) is 3.31. The molecule has 1 amide bonds. The van der Waals surface area contributed by atoms with E-state index < -0.39 is 0 Å². The predicted octanol–water partition coefficient (Wildman–Crippen LogP) is 2.13. The van der Waals surface area contributed by atoms with Crippen LogP contribution in [-0.2, 0) is 11.2 Å². The maximum atomic E-state index is 11.9. The summed E-state index contributed by atoms with van der Waals surface area (Å²) < 4.78 is 1.73. The number of nitrogens with zero attached hydrogens (tertiary/aromatic N) is 4. The highest BCUT2D eigenvalue weighted by molar-refractivity contribution is 5.93. The molecule has 0 fully saturated rings. The van der Waals surface area contributed by atoms with E-state index in [1.807, 2.05) is 18.3 Å². The van der Waals surface area contributed by atoms with Gasteiger partial charge in [-0.05, 0) is 36.1 Å². The zero-order valence-electron chi connectivity index (χ0n) is 14.7. The van der Waals surface area contributed by atoms with Crippen molar-refractivity contribution < 1.29 is 4.79 Å². The first-order valence-electron chi connectivity index (χ1n) is 9.06. The number of benzene rings is 1. The Balaban J connectivity index is 1.53. The molecule has 2 aromatic heterocycles. The Kier molecular flexibility index (Phi) is 3.83. The Morgan fingerprint density at radius 1 is 1.22 bits per heavy atom. The van der Waals surface area contributed by atoms with Crippen LogP contribution in [0.4, 0.5) is 17.2 Å². The van der Waals surface area contributed by atoms with Gasteiger partial charge in [0.25, 0.3) is 0 Å². The smallest absolute Gasteiger partial charge is 0.224 e. The maximum absolute atomic E-state index is 11.9. The Morgan fingerprint density at radius 2 is 2.19 bits per heavy atom. The summed E-state index contributed by atoms with van der Waals surface area (Å²) in [7, 11) is 0. The molecule has 0 unspecified atom stereocenters. The van der Waals surface area contributed by atoms with Crippen LogP contribution in [0.5, 0.6) is 0 Å². The highest BCUT2D eigenvalue weighted by Crippen LogP contribution is 2.28. The molecule has 3 aromatic rings. The number of aromatic nitrogens is 4. The van der Waals surface area contributed by atoms with Crippen molar-refractivity contribution in [1.82, 2.24) is 24.9 Å². The summed E-state index contributed by atoms with van der Waals surface area (Å²) in [5, 5.41) is 13.9. The molecule has 0 atom stereocenters. The Hall–Kier alpha value is -3.26. The van der Waals surface area contributed by atoms with E-state index in [4.69, 9.17) is 4.98 Å². The predicted molar refractivity (Wildman–Crippen MR) is 103 cm³/mol. The van der Waals surface area contributed by atoms with Crippen molar-refractivity contribution in [3.63, 3.8) is 0 Å². The molecule has 8 heteroatoms. The molecule has 8 nitrogen and oxygen atoms in total. The number of carbonyl (C=O) groups excluding carboxylic acids is 1. The molecule has 3 N–H and O–H groups in total. The second-order valence-electron chi connectivity index (χ2n) is 6.76. The van der Waals surface area contributed by atoms with Crippen molar-refractivity contribution in [2.75, 3.05) is 23.7 Å². The molecule has 4 heterocycles. The quantitative estimate of drug-likeness (QED) is 0.661. The van der Waals surface area contributed by atoms with Crippen LogP contribution in [0, 0.1) is 0 Å². The topological polar surface area (TPSA) is 96.2 Å². The first-order valence-corrected chi connectivity index (χ1v) is 9.06. The van der Waals surface area contributed by atoms with Crippen LogP contribution in [0.2, 0.25) is 0 Å². The molecule has 2 aliphatic rings. The first kappa shape index (κ1) is 16.0. The van der Waals surface area contributed by atoms with Gasteiger partial charge in [0.2, 0.25) is 5.91 Å². The third kappa shape index (κ3) is 3.04. The number of amides is 1. The molecule has 0 saturated carbocycles. The summed E-state index contributed by atoms with van der Waals surface area (Å²) in [4.78, 5) is 21.0. The minimum atomic E-state index is 0.0616. The lowest BCUT2D eigenvalue weighted by atomic mass is 10.1. The fourth-order valence-corrected chi connectivity index (χ4v) is 3.51. The number of fused-ring (bicyclic) bond motifs is 2. The number of carbonyl (C=O) groups is 1. The van der Waals surface area contributed by atoms with Crippen LogP contribution < -0.4 is 16.0 Å². The van der Waals surface area contributed by atoms with Gasteiger partial charge in [0.15, 0.2) is 11.5 Å². The number of aryl methyl sites for hydroxylation is 1. The molecule has 0 saturated heterocycles. The zero-order valence-corrected chi connectivity index (χ0v) is 14.7. The van der Waals surface area contributed by atoms with Gasteiger partial charge in [0.1, 0.15) is 6.33 Å². The summed E-state index contributed by atoms with van der Waals surface area (Å²) >= 11 is 0. The summed E-state index contributed by atoms with van der Waals surface area (Å²) in [5.41, 5.74) is 5.53. The zero-order chi connectivity index (χ0) is 18.2. The number of hydrogen-bond acceptors (Lipinski definition) is 6. The fourth-order valence-electron chi connectivity index (χ4n) is 3.51. The van der Waals surface area contributed by atoms with E-state index in [9.17, 15) is 4.79 Å². The van der Waals surface area contributed by atoms with E-state index >= 15 is 0 Å². The minimum Gasteiger partial charge on any atom is -0.337 e. The minimum absolute atomic E-state index is 0.0616. The van der Waals surface area contributed by atoms with Gasteiger partial charge in [-0.2, -0.15) is 5.10 Å². The molecule has 27 heavy (non-hydrogen) atoms. The van der Waals surface area contributed by atoms with Crippen LogP contribution in [0.15, 0.2) is 36.8 Å². The molecule has 1 aromatic carbocycles. The van der Waals surface area contributed by atoms with Crippen LogP contribution in [-0.4, -0.2) is 38.6 Å². The van der Waals surface area contributed by atoms with Gasteiger partial charge in [-0.25, -0.2) is 14.5 Å². The highest BCUT2D eigenvalue weighted by atomic mass is 16.1. The van der Waals surface area contributed by atoms with Gasteiger partial charge < -0.3 is 16.0 Å². The average molecular weight is 361 g/mol. The fraction of sp³-hybridized carbons (Fsp3) is 0.263. The molecular weight excluding hydrogens is 342 g/mol. The Morgan fingerprint density at radius 3 is 3.07 bits per heavy atom. The van der Waals surface area contributed by atoms with E-state index in [0.29, 0.717) is 17.9 Å². The van der Waals surface area contributed by atoms with Crippen molar-refractivity contribution in [3.8, 4) is 0 Å². The second-order valence-corrected chi connectivity index (χ2v) is 6.76. The van der Waals surface area contributed by atoms with Crippen LogP contribution in [0.25, 0.3) is 11.2 Å². The van der Waals surface area contributed by atoms with Gasteiger partial charge in [-0.15, -0.1) is 0 Å². The third-order valence-electron chi connectivity index (χ3n) is 4.90. The molecule has 2 aliphatic heterocycles. The second kappa shape index (κ2) is 6.48. The molecule has 0 bridgehead atoms. The van der Waals surface area contributed by atoms with E-state index in [-0.39, 0.29) is 5.91 Å². The SMILES string of the molecule is O=C1CCCc2ccc(Nc3nc(C4=CCNC4)cn4ncnc34)cc2N1. The van der Waals surface area contributed by atoms with Gasteiger partial charge >= 0.3 is 0 Å². The molecule has 5 rings (SSSR count). The van der Waals surface area contributed by atoms with Gasteiger partial charge in [-0.1, -0.05) is 12.1 Å². The lowest BCUT2D eigenvalue weighted by Crippen LogP contribution is -2.10. The third-order valence-corrected chi connectivity index (χ3v) is 4.90. The summed E-state index contributed by atoms with van der Waals surface area (Å²) in [5.74, 6) is 0.698. The van der Waals surface area contributed by atoms with Crippen molar-refractivity contribution >= 4 is 34.3 Å². The normalized spacial score (nSPS) is 16.6. The van der Waals surface area contributed by atoms with E-state index in [0.717, 1.165) is 54.1 Å². The molecule has 0 radical (unpaired) electrons. The Labute approximate surface area is 155 Å². The van der Waals surface area contributed by atoms with Crippen molar-refractivity contribution in [1.29, 1.82) is 0 Å². The van der Waals surface area contributed by atoms with E-state index in [2.05, 4.69) is 38.2 Å². The van der Waals surface area contributed by atoms with Crippen molar-refractivity contribution in [2.45, 2.75) is 19.3 Å². The Bertz CT molecular complexity index is 1070. The standard InChI is InChI=1S/C19H19N7O/c27-17-3-1-2-12-4-5-14(8-15(12)24-17)23-18-19-21-11-22-26(19)10-16(25-18)13-6-7-20-9-13/h4-6,8,10-11,20H,1-3,7,9H2,(H,23,25)(H,24,27). The van der Waals surface area contributed by atoms with Crippen molar-refractivity contribution in [2.24, 2.45) is 0 Å². The van der Waals surface area contributed by atoms with Gasteiger partial charge in [0, 0.05) is 30.9 Å². The van der Waals surface area contributed by atoms with Crippen LogP contribution in [0.1, 0.15) is 24.1 Å². The van der Waals surface area contributed by atoms with Crippen LogP contribution in [0.3, 0.4) is 0 Å². The summed E-state index contributed by atoms with van der Waals surface area (Å²) in [6.45, 7) is 1.64. The molecule has 0 spiro atoms. The lowest BCUT2D eigenvalue weighted by molar-refractivity contribution is -0.116. The number of hydrogen-bond donors (Lipinski definition) is 3. The van der Waals surface area contributed by atoms with Gasteiger partial charge in [0.05, 0.1) is 11.9 Å². The van der Waals surface area contributed by atoms with E-state index in [1.165, 1.54) is 6.33 Å². The first-order chi connectivity index (χ1) is 13.3. The maximum Gasteiger partial charge on any atom is 0.224 e. The largest absolute Gasteiger partial charge is 0.337 e. The highest BCUT2D eigenvalue weighted by Gasteiger charge is 2.16. The van der Waals surface area contributed by atoms with E-state index in [1.54, 1.807) is 4.52 Å². The monoisotopic (exact) mass is 361 g/mol. The number of rotatable bonds is 3. The summed E-state index contributed by atoms with van der Waals surface area (Å²) in [6, 6.07) is 6.02. The van der Waals surface area contributed by atoms with Crippen molar-refractivity contribution in [3.05, 3.63) is 48.1 Å². The number of anilines is 3. The number of nitrogens with one attached hydrogen (secondary N) is 3. The molecule has 136 valence electrons.